The zero-order valence-electron chi connectivity index (χ0n) is 9.28. The zero-order chi connectivity index (χ0) is 13.1. The normalized spacial score (nSPS) is 10.1. The van der Waals surface area contributed by atoms with Gasteiger partial charge in [-0.15, -0.1) is 0 Å². The minimum atomic E-state index is -0.201. The minimum Gasteiger partial charge on any atom is -0.399 e. The van der Waals surface area contributed by atoms with Crippen LogP contribution in [0.25, 0.3) is 0 Å². The van der Waals surface area contributed by atoms with Crippen molar-refractivity contribution in [2.45, 2.75) is 0 Å². The molecule has 0 aromatic heterocycles. The van der Waals surface area contributed by atoms with Gasteiger partial charge in [-0.05, 0) is 59.0 Å². The number of anilines is 2. The van der Waals surface area contributed by atoms with Crippen LogP contribution in [0.2, 0.25) is 5.02 Å². The standard InChI is InChI=1S/C13H10ClIN2O/c14-8-4-5-12(15)11(6-8)13(18)17-10-3-1-2-9(16)7-10/h1-7H,16H2,(H,17,18). The molecule has 2 rings (SSSR count). The molecule has 5 heteroatoms. The van der Waals surface area contributed by atoms with Crippen LogP contribution in [0.15, 0.2) is 42.5 Å². The molecule has 92 valence electrons. The molecule has 0 heterocycles. The van der Waals surface area contributed by atoms with Crippen molar-refractivity contribution < 1.29 is 4.79 Å². The molecule has 3 N–H and O–H groups in total. The number of nitrogens with one attached hydrogen (secondary N) is 1. The monoisotopic (exact) mass is 372 g/mol. The van der Waals surface area contributed by atoms with Crippen LogP contribution in [-0.2, 0) is 0 Å². The molecule has 0 saturated heterocycles. The first-order valence-corrected chi connectivity index (χ1v) is 6.64. The Morgan fingerprint density at radius 2 is 2.00 bits per heavy atom. The number of halogens is 2. The SMILES string of the molecule is Nc1cccc(NC(=O)c2cc(Cl)ccc2I)c1. The highest BCUT2D eigenvalue weighted by atomic mass is 127. The topological polar surface area (TPSA) is 55.1 Å². The van der Waals surface area contributed by atoms with Crippen molar-refractivity contribution in [1.29, 1.82) is 0 Å². The first kappa shape index (κ1) is 13.2. The fourth-order valence-corrected chi connectivity index (χ4v) is 2.24. The molecule has 0 saturated carbocycles. The van der Waals surface area contributed by atoms with Crippen molar-refractivity contribution in [1.82, 2.24) is 0 Å². The van der Waals surface area contributed by atoms with E-state index in [9.17, 15) is 4.79 Å². The maximum Gasteiger partial charge on any atom is 0.256 e. The zero-order valence-corrected chi connectivity index (χ0v) is 12.2. The highest BCUT2D eigenvalue weighted by molar-refractivity contribution is 14.1. The van der Waals surface area contributed by atoms with E-state index in [1.165, 1.54) is 0 Å². The molecule has 0 aliphatic heterocycles. The van der Waals surface area contributed by atoms with Gasteiger partial charge in [0, 0.05) is 20.0 Å². The van der Waals surface area contributed by atoms with Crippen LogP contribution in [0, 0.1) is 3.57 Å². The van der Waals surface area contributed by atoms with Crippen LogP contribution in [0.5, 0.6) is 0 Å². The first-order valence-electron chi connectivity index (χ1n) is 5.18. The molecule has 0 bridgehead atoms. The number of amides is 1. The number of nitrogens with two attached hydrogens (primary N) is 1. The Hall–Kier alpha value is -1.27. The van der Waals surface area contributed by atoms with Crippen molar-refractivity contribution in [2.75, 3.05) is 11.1 Å². The first-order chi connectivity index (χ1) is 8.56. The Labute approximate surface area is 123 Å². The van der Waals surface area contributed by atoms with Crippen LogP contribution in [0.3, 0.4) is 0 Å². The predicted molar refractivity (Wildman–Crippen MR) is 83.0 cm³/mol. The van der Waals surface area contributed by atoms with Gasteiger partial charge >= 0.3 is 0 Å². The van der Waals surface area contributed by atoms with Gasteiger partial charge in [-0.3, -0.25) is 4.79 Å². The second kappa shape index (κ2) is 5.58. The smallest absolute Gasteiger partial charge is 0.256 e. The lowest BCUT2D eigenvalue weighted by molar-refractivity contribution is 0.102. The highest BCUT2D eigenvalue weighted by Gasteiger charge is 2.10. The number of hydrogen-bond acceptors (Lipinski definition) is 2. The summed E-state index contributed by atoms with van der Waals surface area (Å²) in [6.45, 7) is 0. The van der Waals surface area contributed by atoms with E-state index in [0.717, 1.165) is 3.57 Å². The van der Waals surface area contributed by atoms with Crippen molar-refractivity contribution in [3.63, 3.8) is 0 Å². The molecule has 18 heavy (non-hydrogen) atoms. The van der Waals surface area contributed by atoms with E-state index in [2.05, 4.69) is 27.9 Å². The fraction of sp³-hybridized carbons (Fsp3) is 0. The summed E-state index contributed by atoms with van der Waals surface area (Å²) in [5.74, 6) is -0.201. The van der Waals surface area contributed by atoms with E-state index < -0.39 is 0 Å². The van der Waals surface area contributed by atoms with Crippen LogP contribution < -0.4 is 11.1 Å². The van der Waals surface area contributed by atoms with E-state index in [0.29, 0.717) is 22.0 Å². The van der Waals surface area contributed by atoms with Gasteiger partial charge in [0.15, 0.2) is 0 Å². The number of rotatable bonds is 2. The molecule has 0 aliphatic rings. The Kier molecular flexibility index (Phi) is 4.08. The van der Waals surface area contributed by atoms with Crippen molar-refractivity contribution in [2.24, 2.45) is 0 Å². The molecule has 0 fully saturated rings. The average Bonchev–Trinajstić information content (AvgIpc) is 2.32. The summed E-state index contributed by atoms with van der Waals surface area (Å²) in [4.78, 5) is 12.1. The molecule has 2 aromatic carbocycles. The molecule has 0 atom stereocenters. The third-order valence-corrected chi connectivity index (χ3v) is 3.49. The maximum atomic E-state index is 12.1. The van der Waals surface area contributed by atoms with Gasteiger partial charge in [0.05, 0.1) is 5.56 Å². The van der Waals surface area contributed by atoms with Gasteiger partial charge in [-0.1, -0.05) is 17.7 Å². The van der Waals surface area contributed by atoms with Crippen molar-refractivity contribution >= 4 is 51.5 Å². The summed E-state index contributed by atoms with van der Waals surface area (Å²) >= 11 is 7.98. The molecular formula is C13H10ClIN2O. The summed E-state index contributed by atoms with van der Waals surface area (Å²) in [5.41, 5.74) is 7.47. The van der Waals surface area contributed by atoms with Gasteiger partial charge in [-0.25, -0.2) is 0 Å². The predicted octanol–water partition coefficient (Wildman–Crippen LogP) is 3.78. The summed E-state index contributed by atoms with van der Waals surface area (Å²) in [6.07, 6.45) is 0. The van der Waals surface area contributed by atoms with E-state index in [1.54, 1.807) is 42.5 Å². The number of hydrogen-bond donors (Lipinski definition) is 2. The number of carbonyl (C=O) groups excluding carboxylic acids is 1. The summed E-state index contributed by atoms with van der Waals surface area (Å²) in [7, 11) is 0. The third kappa shape index (κ3) is 3.14. The van der Waals surface area contributed by atoms with Gasteiger partial charge < -0.3 is 11.1 Å². The minimum absolute atomic E-state index is 0.201. The molecule has 0 aliphatic carbocycles. The number of benzene rings is 2. The molecular weight excluding hydrogens is 363 g/mol. The van der Waals surface area contributed by atoms with Crippen LogP contribution in [-0.4, -0.2) is 5.91 Å². The van der Waals surface area contributed by atoms with E-state index >= 15 is 0 Å². The molecule has 0 spiro atoms. The molecule has 2 aromatic rings. The molecule has 0 unspecified atom stereocenters. The van der Waals surface area contributed by atoms with E-state index in [-0.39, 0.29) is 5.91 Å². The number of carbonyl (C=O) groups is 1. The molecule has 0 radical (unpaired) electrons. The maximum absolute atomic E-state index is 12.1. The van der Waals surface area contributed by atoms with Gasteiger partial charge in [0.25, 0.3) is 5.91 Å². The summed E-state index contributed by atoms with van der Waals surface area (Å²) < 4.78 is 0.846. The Balaban J connectivity index is 2.24. The fourth-order valence-electron chi connectivity index (χ4n) is 1.49. The molecule has 3 nitrogen and oxygen atoms in total. The lowest BCUT2D eigenvalue weighted by Crippen LogP contribution is -2.13. The highest BCUT2D eigenvalue weighted by Crippen LogP contribution is 2.20. The number of nitrogen functional groups attached to an aromatic ring is 1. The van der Waals surface area contributed by atoms with Gasteiger partial charge in [0.1, 0.15) is 0 Å². The lowest BCUT2D eigenvalue weighted by atomic mass is 10.2. The van der Waals surface area contributed by atoms with Gasteiger partial charge in [-0.2, -0.15) is 0 Å². The summed E-state index contributed by atoms with van der Waals surface area (Å²) in [5, 5.41) is 3.32. The largest absolute Gasteiger partial charge is 0.399 e. The third-order valence-electron chi connectivity index (χ3n) is 2.32. The summed E-state index contributed by atoms with van der Waals surface area (Å²) in [6, 6.07) is 12.2. The average molecular weight is 373 g/mol. The van der Waals surface area contributed by atoms with Gasteiger partial charge in [0.2, 0.25) is 0 Å². The van der Waals surface area contributed by atoms with Crippen LogP contribution in [0.4, 0.5) is 11.4 Å². The lowest BCUT2D eigenvalue weighted by Gasteiger charge is -2.07. The Morgan fingerprint density at radius 3 is 2.72 bits per heavy atom. The second-order valence-corrected chi connectivity index (χ2v) is 5.30. The Bertz CT molecular complexity index is 601. The Morgan fingerprint density at radius 1 is 1.22 bits per heavy atom. The second-order valence-electron chi connectivity index (χ2n) is 3.70. The van der Waals surface area contributed by atoms with E-state index in [1.807, 2.05) is 0 Å². The quantitative estimate of drug-likeness (QED) is 0.623. The van der Waals surface area contributed by atoms with Crippen LogP contribution >= 0.6 is 34.2 Å². The van der Waals surface area contributed by atoms with Crippen molar-refractivity contribution in [3.05, 3.63) is 56.6 Å². The van der Waals surface area contributed by atoms with Crippen molar-refractivity contribution in [3.8, 4) is 0 Å². The van der Waals surface area contributed by atoms with Crippen LogP contribution in [0.1, 0.15) is 10.4 Å². The molecule has 1 amide bonds. The van der Waals surface area contributed by atoms with E-state index in [4.69, 9.17) is 17.3 Å².